The van der Waals surface area contributed by atoms with E-state index in [1.54, 1.807) is 11.3 Å². The van der Waals surface area contributed by atoms with Crippen LogP contribution in [-0.4, -0.2) is 16.7 Å². The Hall–Kier alpha value is -1.05. The van der Waals surface area contributed by atoms with Crippen LogP contribution in [0.15, 0.2) is 21.3 Å². The van der Waals surface area contributed by atoms with Gasteiger partial charge >= 0.3 is 0 Å². The summed E-state index contributed by atoms with van der Waals surface area (Å²) in [4.78, 5) is 30.4. The molecular weight excluding hydrogens is 408 g/mol. The van der Waals surface area contributed by atoms with E-state index < -0.39 is 0 Å². The van der Waals surface area contributed by atoms with E-state index in [1.807, 2.05) is 17.5 Å². The van der Waals surface area contributed by atoms with Crippen molar-refractivity contribution in [3.05, 3.63) is 21.3 Å². The fraction of sp³-hybridized carbons (Fsp3) is 0.471. The van der Waals surface area contributed by atoms with Crippen LogP contribution in [0.1, 0.15) is 32.1 Å². The molecule has 2 aromatic rings. The van der Waals surface area contributed by atoms with Gasteiger partial charge < -0.3 is 5.32 Å². The molecule has 2 fully saturated rings. The molecule has 2 aliphatic carbocycles. The summed E-state index contributed by atoms with van der Waals surface area (Å²) < 4.78 is 1.06. The van der Waals surface area contributed by atoms with E-state index in [4.69, 9.17) is 0 Å². The van der Waals surface area contributed by atoms with Gasteiger partial charge in [-0.25, -0.2) is 4.98 Å². The highest BCUT2D eigenvalue weighted by Crippen LogP contribution is 2.40. The summed E-state index contributed by atoms with van der Waals surface area (Å²) in [7, 11) is 0. The standard InChI is InChI=1S/C17H17BrN2O2S2/c18-14-5-4-13(24-14)12-8-23-17(19-12)20-16(22)11-6-9-2-1-3-10(7-11)15(9)21/h4-5,8-11H,1-3,6-7H2,(H,19,20,22). The Balaban J connectivity index is 1.43. The molecule has 2 aliphatic rings. The van der Waals surface area contributed by atoms with E-state index in [1.165, 1.54) is 11.3 Å². The van der Waals surface area contributed by atoms with Gasteiger partial charge in [-0.1, -0.05) is 6.42 Å². The average molecular weight is 425 g/mol. The molecule has 2 unspecified atom stereocenters. The van der Waals surface area contributed by atoms with Gasteiger partial charge in [0.15, 0.2) is 5.13 Å². The first-order valence-corrected chi connectivity index (χ1v) is 10.6. The Morgan fingerprint density at radius 1 is 1.25 bits per heavy atom. The summed E-state index contributed by atoms with van der Waals surface area (Å²) in [6.45, 7) is 0. The molecule has 4 nitrogen and oxygen atoms in total. The third kappa shape index (κ3) is 3.21. The SMILES string of the molecule is O=C(Nc1nc(-c2ccc(Br)s2)cs1)C1CC2CCCC(C1)C2=O. The van der Waals surface area contributed by atoms with Gasteiger partial charge in [-0.05, 0) is 53.7 Å². The minimum absolute atomic E-state index is 0.0210. The maximum absolute atomic E-state index is 12.6. The number of anilines is 1. The second kappa shape index (κ2) is 6.69. The van der Waals surface area contributed by atoms with Crippen LogP contribution >= 0.6 is 38.6 Å². The minimum atomic E-state index is -0.0544. The van der Waals surface area contributed by atoms with Crippen LogP contribution in [0.3, 0.4) is 0 Å². The van der Waals surface area contributed by atoms with E-state index in [0.29, 0.717) is 23.8 Å². The number of nitrogens with zero attached hydrogens (tertiary/aromatic N) is 1. The fourth-order valence-corrected chi connectivity index (χ4v) is 5.93. The quantitative estimate of drug-likeness (QED) is 0.756. The van der Waals surface area contributed by atoms with Gasteiger partial charge in [0.25, 0.3) is 0 Å². The number of rotatable bonds is 3. The summed E-state index contributed by atoms with van der Waals surface area (Å²) in [5.41, 5.74) is 0.890. The highest BCUT2D eigenvalue weighted by Gasteiger charge is 2.41. The van der Waals surface area contributed by atoms with Crippen molar-refractivity contribution in [2.45, 2.75) is 32.1 Å². The second-order valence-electron chi connectivity index (χ2n) is 6.53. The van der Waals surface area contributed by atoms with Crippen LogP contribution in [0, 0.1) is 17.8 Å². The zero-order valence-electron chi connectivity index (χ0n) is 13.0. The monoisotopic (exact) mass is 424 g/mol. The van der Waals surface area contributed by atoms with Gasteiger partial charge in [0, 0.05) is 23.1 Å². The molecule has 2 saturated carbocycles. The summed E-state index contributed by atoms with van der Waals surface area (Å²) in [5.74, 6) is 0.561. The highest BCUT2D eigenvalue weighted by molar-refractivity contribution is 9.11. The van der Waals surface area contributed by atoms with Crippen molar-refractivity contribution in [2.24, 2.45) is 17.8 Å². The van der Waals surface area contributed by atoms with Crippen molar-refractivity contribution >= 4 is 55.4 Å². The third-order valence-electron chi connectivity index (χ3n) is 4.98. The van der Waals surface area contributed by atoms with Crippen molar-refractivity contribution in [3.63, 3.8) is 0 Å². The smallest absolute Gasteiger partial charge is 0.229 e. The molecule has 2 heterocycles. The lowest BCUT2D eigenvalue weighted by Crippen LogP contribution is -2.40. The number of amides is 1. The number of halogens is 1. The number of thiophene rings is 1. The number of hydrogen-bond acceptors (Lipinski definition) is 5. The predicted octanol–water partition coefficient (Wildman–Crippen LogP) is 4.97. The molecule has 0 aliphatic heterocycles. The summed E-state index contributed by atoms with van der Waals surface area (Å²) >= 11 is 6.53. The molecule has 0 aromatic carbocycles. The van der Waals surface area contributed by atoms with E-state index in [9.17, 15) is 9.59 Å². The number of aromatic nitrogens is 1. The third-order valence-corrected chi connectivity index (χ3v) is 7.38. The van der Waals surface area contributed by atoms with E-state index in [2.05, 4.69) is 26.2 Å². The maximum Gasteiger partial charge on any atom is 0.229 e. The average Bonchev–Trinajstić information content (AvgIpc) is 3.16. The Morgan fingerprint density at radius 2 is 2.00 bits per heavy atom. The fourth-order valence-electron chi connectivity index (χ4n) is 3.80. The number of hydrogen-bond donors (Lipinski definition) is 1. The molecule has 1 N–H and O–H groups in total. The first-order chi connectivity index (χ1) is 11.6. The number of carbonyl (C=O) groups is 2. The molecule has 24 heavy (non-hydrogen) atoms. The number of carbonyl (C=O) groups excluding carboxylic acids is 2. The summed E-state index contributed by atoms with van der Waals surface area (Å²) in [6, 6.07) is 4.01. The molecule has 126 valence electrons. The molecule has 2 atom stereocenters. The lowest BCUT2D eigenvalue weighted by atomic mass is 9.67. The molecule has 2 aromatic heterocycles. The first-order valence-electron chi connectivity index (χ1n) is 8.16. The molecule has 2 bridgehead atoms. The number of thiazole rings is 1. The van der Waals surface area contributed by atoms with Crippen molar-refractivity contribution in [2.75, 3.05) is 5.32 Å². The van der Waals surface area contributed by atoms with E-state index >= 15 is 0 Å². The molecule has 0 saturated heterocycles. The Bertz CT molecular complexity index is 769. The summed E-state index contributed by atoms with van der Waals surface area (Å²) in [6.07, 6.45) is 4.44. The first kappa shape index (κ1) is 16.4. The van der Waals surface area contributed by atoms with Gasteiger partial charge in [-0.3, -0.25) is 9.59 Å². The molecule has 7 heteroatoms. The second-order valence-corrected chi connectivity index (χ2v) is 9.85. The van der Waals surface area contributed by atoms with Crippen LogP contribution in [0.4, 0.5) is 5.13 Å². The van der Waals surface area contributed by atoms with Crippen LogP contribution in [0.5, 0.6) is 0 Å². The molecule has 0 spiro atoms. The van der Waals surface area contributed by atoms with Crippen molar-refractivity contribution in [3.8, 4) is 10.6 Å². The zero-order chi connectivity index (χ0) is 16.7. The largest absolute Gasteiger partial charge is 0.302 e. The topological polar surface area (TPSA) is 59.1 Å². The molecule has 1 amide bonds. The number of nitrogens with one attached hydrogen (secondary N) is 1. The van der Waals surface area contributed by atoms with Crippen molar-refractivity contribution < 1.29 is 9.59 Å². The lowest BCUT2D eigenvalue weighted by Gasteiger charge is -2.36. The highest BCUT2D eigenvalue weighted by atomic mass is 79.9. The zero-order valence-corrected chi connectivity index (χ0v) is 16.2. The minimum Gasteiger partial charge on any atom is -0.302 e. The maximum atomic E-state index is 12.6. The number of ketones is 1. The van der Waals surface area contributed by atoms with Gasteiger partial charge in [0.05, 0.1) is 14.4 Å². The van der Waals surface area contributed by atoms with Gasteiger partial charge in [0.2, 0.25) is 5.91 Å². The lowest BCUT2D eigenvalue weighted by molar-refractivity contribution is -0.136. The van der Waals surface area contributed by atoms with E-state index in [0.717, 1.165) is 33.6 Å². The summed E-state index contributed by atoms with van der Waals surface area (Å²) in [5, 5.41) is 5.57. The number of Topliss-reactive ketones (excluding diaryl/α,β-unsaturated/α-hetero) is 1. The number of fused-ring (bicyclic) bond motifs is 2. The van der Waals surface area contributed by atoms with Crippen LogP contribution < -0.4 is 5.32 Å². The van der Waals surface area contributed by atoms with Crippen LogP contribution in [0.25, 0.3) is 10.6 Å². The molecular formula is C17H17BrN2O2S2. The Kier molecular flexibility index (Phi) is 4.58. The van der Waals surface area contributed by atoms with Crippen molar-refractivity contribution in [1.29, 1.82) is 0 Å². The van der Waals surface area contributed by atoms with Gasteiger partial charge in [-0.15, -0.1) is 22.7 Å². The predicted molar refractivity (Wildman–Crippen MR) is 100 cm³/mol. The normalized spacial score (nSPS) is 26.4. The van der Waals surface area contributed by atoms with Crippen LogP contribution in [-0.2, 0) is 9.59 Å². The van der Waals surface area contributed by atoms with Crippen molar-refractivity contribution in [1.82, 2.24) is 4.98 Å². The van der Waals surface area contributed by atoms with Gasteiger partial charge in [0.1, 0.15) is 5.78 Å². The molecule has 0 radical (unpaired) electrons. The Morgan fingerprint density at radius 3 is 2.67 bits per heavy atom. The van der Waals surface area contributed by atoms with E-state index in [-0.39, 0.29) is 23.7 Å². The molecule has 4 rings (SSSR count). The Labute approximate surface area is 156 Å². The van der Waals surface area contributed by atoms with Crippen LogP contribution in [0.2, 0.25) is 0 Å². The van der Waals surface area contributed by atoms with Gasteiger partial charge in [-0.2, -0.15) is 0 Å².